The van der Waals surface area contributed by atoms with E-state index in [0.29, 0.717) is 35.5 Å². The van der Waals surface area contributed by atoms with E-state index in [1.165, 1.54) is 6.33 Å². The molecule has 10 heteroatoms. The molecule has 33 heavy (non-hydrogen) atoms. The molecule has 2 aromatic heterocycles. The van der Waals surface area contributed by atoms with Gasteiger partial charge >= 0.3 is 0 Å². The van der Waals surface area contributed by atoms with Crippen molar-refractivity contribution in [2.45, 2.75) is 63.4 Å². The lowest BCUT2D eigenvalue weighted by atomic mass is 10.1. The summed E-state index contributed by atoms with van der Waals surface area (Å²) < 4.78 is 14.9. The molecule has 0 spiro atoms. The molecule has 0 aliphatic carbocycles. The van der Waals surface area contributed by atoms with E-state index in [-0.39, 0.29) is 23.7 Å². The average Bonchev–Trinajstić information content (AvgIpc) is 3.36. The summed E-state index contributed by atoms with van der Waals surface area (Å²) in [6.45, 7) is 10.9. The molecule has 0 unspecified atom stereocenters. The summed E-state index contributed by atoms with van der Waals surface area (Å²) in [4.78, 5) is 26.1. The van der Waals surface area contributed by atoms with Crippen molar-refractivity contribution < 1.29 is 14.3 Å². The summed E-state index contributed by atoms with van der Waals surface area (Å²) in [6, 6.07) is 8.99. The molecule has 0 saturated carbocycles. The number of imidazole rings is 1. The maximum absolute atomic E-state index is 12.7. The molecule has 3 N–H and O–H groups in total. The number of hydrogen-bond acceptors (Lipinski definition) is 7. The second-order valence-corrected chi connectivity index (χ2v) is 12.3. The Hall–Kier alpha value is -2.66. The first kappa shape index (κ1) is 23.5. The van der Waals surface area contributed by atoms with Crippen molar-refractivity contribution in [3.8, 4) is 0 Å². The van der Waals surface area contributed by atoms with Crippen LogP contribution >= 0.6 is 0 Å². The van der Waals surface area contributed by atoms with E-state index in [1.807, 2.05) is 43.5 Å². The molecule has 0 bridgehead atoms. The zero-order valence-corrected chi connectivity index (χ0v) is 20.7. The minimum Gasteiger partial charge on any atom is -0.370 e. The van der Waals surface area contributed by atoms with Crippen LogP contribution in [-0.2, 0) is 14.8 Å². The molecule has 1 aliphatic rings. The third-order valence-electron chi connectivity index (χ3n) is 5.75. The van der Waals surface area contributed by atoms with Gasteiger partial charge in [-0.1, -0.05) is 31.3 Å². The van der Waals surface area contributed by atoms with E-state index in [2.05, 4.69) is 33.4 Å². The molecule has 1 saturated heterocycles. The van der Waals surface area contributed by atoms with Crippen LogP contribution in [0.4, 0.5) is 5.82 Å². The Morgan fingerprint density at radius 1 is 1.27 bits per heavy atom. The summed E-state index contributed by atoms with van der Waals surface area (Å²) in [6.07, 6.45) is 3.43. The van der Waals surface area contributed by atoms with E-state index in [4.69, 9.17) is 15.2 Å². The van der Waals surface area contributed by atoms with E-state index in [1.54, 1.807) is 18.5 Å². The number of aromatic nitrogens is 4. The fourth-order valence-electron chi connectivity index (χ4n) is 4.23. The van der Waals surface area contributed by atoms with Gasteiger partial charge in [0.05, 0.1) is 24.1 Å². The molecule has 175 valence electrons. The highest BCUT2D eigenvalue weighted by Gasteiger charge is 2.52. The van der Waals surface area contributed by atoms with E-state index in [0.717, 1.165) is 0 Å². The normalized spacial score (nSPS) is 23.4. The van der Waals surface area contributed by atoms with Crippen LogP contribution in [0.5, 0.6) is 0 Å². The number of anilines is 1. The number of amides is 1. The Morgan fingerprint density at radius 2 is 2.00 bits per heavy atom. The summed E-state index contributed by atoms with van der Waals surface area (Å²) in [7, 11) is -1.07. The second-order valence-electron chi connectivity index (χ2n) is 9.48. The lowest BCUT2D eigenvalue weighted by molar-refractivity contribution is -0.0950. The van der Waals surface area contributed by atoms with E-state index in [9.17, 15) is 4.79 Å². The molecule has 1 amide bonds. The number of nitrogens with one attached hydrogen (secondary N) is 1. The SMILES string of the molecule is C[Si](C)[C@]1(n2cnc3c(NC(=O)c4ccccc4)ncnc32)C[C@H](OC(C)(C)C)[C@@H](CN)O1. The minimum atomic E-state index is -1.07. The summed E-state index contributed by atoms with van der Waals surface area (Å²) in [5, 5.41) is 2.22. The first-order valence-corrected chi connectivity index (χ1v) is 13.6. The van der Waals surface area contributed by atoms with Crippen molar-refractivity contribution in [1.29, 1.82) is 0 Å². The molecule has 1 aliphatic heterocycles. The van der Waals surface area contributed by atoms with Crippen LogP contribution in [-0.4, -0.2) is 58.6 Å². The highest BCUT2D eigenvalue weighted by atomic mass is 28.3. The zero-order chi connectivity index (χ0) is 23.8. The number of nitrogens with two attached hydrogens (primary N) is 1. The van der Waals surface area contributed by atoms with Crippen LogP contribution in [0.2, 0.25) is 13.1 Å². The Labute approximate surface area is 195 Å². The molecule has 3 atom stereocenters. The molecular weight excluding hydrogens is 436 g/mol. The quantitative estimate of drug-likeness (QED) is 0.535. The molecule has 1 fully saturated rings. The molecule has 3 aromatic rings. The lowest BCUT2D eigenvalue weighted by Crippen LogP contribution is -2.45. The van der Waals surface area contributed by atoms with Gasteiger partial charge in [-0.25, -0.2) is 15.0 Å². The number of nitrogens with zero attached hydrogens (tertiary/aromatic N) is 4. The van der Waals surface area contributed by atoms with Gasteiger partial charge in [-0.3, -0.25) is 9.36 Å². The second kappa shape index (κ2) is 8.94. The van der Waals surface area contributed by atoms with Gasteiger partial charge in [-0.15, -0.1) is 0 Å². The van der Waals surface area contributed by atoms with Crippen LogP contribution in [0.25, 0.3) is 11.2 Å². The van der Waals surface area contributed by atoms with Crippen LogP contribution in [0.3, 0.4) is 0 Å². The monoisotopic (exact) mass is 467 g/mol. The van der Waals surface area contributed by atoms with Crippen molar-refractivity contribution in [2.24, 2.45) is 5.73 Å². The molecule has 1 radical (unpaired) electrons. The molecule has 9 nitrogen and oxygen atoms in total. The van der Waals surface area contributed by atoms with Crippen molar-refractivity contribution in [1.82, 2.24) is 19.5 Å². The van der Waals surface area contributed by atoms with E-state index < -0.39 is 14.1 Å². The van der Waals surface area contributed by atoms with Crippen molar-refractivity contribution in [2.75, 3.05) is 11.9 Å². The highest BCUT2D eigenvalue weighted by molar-refractivity contribution is 6.58. The van der Waals surface area contributed by atoms with Crippen molar-refractivity contribution >= 4 is 31.7 Å². The predicted molar refractivity (Wildman–Crippen MR) is 128 cm³/mol. The topological polar surface area (TPSA) is 117 Å². The van der Waals surface area contributed by atoms with Gasteiger partial charge in [-0.2, -0.15) is 0 Å². The number of rotatable bonds is 6. The van der Waals surface area contributed by atoms with Gasteiger partial charge < -0.3 is 20.5 Å². The third kappa shape index (κ3) is 4.56. The largest absolute Gasteiger partial charge is 0.370 e. The number of fused-ring (bicyclic) bond motifs is 1. The van der Waals surface area contributed by atoms with Crippen LogP contribution in [0.15, 0.2) is 43.0 Å². The van der Waals surface area contributed by atoms with Gasteiger partial charge in [0.15, 0.2) is 17.0 Å². The Morgan fingerprint density at radius 3 is 2.64 bits per heavy atom. The molecule has 3 heterocycles. The summed E-state index contributed by atoms with van der Waals surface area (Å²) in [5.74, 6) is 0.106. The maximum atomic E-state index is 12.7. The maximum Gasteiger partial charge on any atom is 0.256 e. The van der Waals surface area contributed by atoms with Crippen molar-refractivity contribution in [3.05, 3.63) is 48.5 Å². The zero-order valence-electron chi connectivity index (χ0n) is 19.7. The average molecular weight is 468 g/mol. The Balaban J connectivity index is 1.71. The van der Waals surface area contributed by atoms with Gasteiger partial charge in [0.2, 0.25) is 0 Å². The first-order chi connectivity index (χ1) is 15.6. The number of carbonyl (C=O) groups is 1. The van der Waals surface area contributed by atoms with Crippen molar-refractivity contribution in [3.63, 3.8) is 0 Å². The number of ether oxygens (including phenoxy) is 2. The van der Waals surface area contributed by atoms with Gasteiger partial charge in [-0.05, 0) is 32.9 Å². The smallest absolute Gasteiger partial charge is 0.256 e. The van der Waals surface area contributed by atoms with Crippen LogP contribution in [0, 0.1) is 0 Å². The van der Waals surface area contributed by atoms with Gasteiger partial charge in [0.1, 0.15) is 20.5 Å². The van der Waals surface area contributed by atoms with Gasteiger partial charge in [0, 0.05) is 18.5 Å². The van der Waals surface area contributed by atoms with E-state index >= 15 is 0 Å². The standard InChI is InChI=1S/C23H31N6O3Si/c1-22(2,3)31-16-11-23(33(4)5,32-17(16)12-24)29-14-27-18-19(25-13-26-20(18)29)28-21(30)15-9-7-6-8-10-15/h6-10,13-14,16-17H,11-12,24H2,1-5H3,(H,25,26,28,30)/t16-,17+,23-/m0/s1. The Kier molecular flexibility index (Phi) is 6.36. The fourth-order valence-corrected chi connectivity index (χ4v) is 5.87. The number of hydrogen-bond donors (Lipinski definition) is 2. The predicted octanol–water partition coefficient (Wildman–Crippen LogP) is 2.96. The number of carbonyl (C=O) groups excluding carboxylic acids is 1. The van der Waals surface area contributed by atoms with Crippen LogP contribution in [0.1, 0.15) is 37.6 Å². The lowest BCUT2D eigenvalue weighted by Gasteiger charge is -2.34. The molecular formula is C23H31N6O3Si. The fraction of sp³-hybridized carbons (Fsp3) is 0.478. The highest BCUT2D eigenvalue weighted by Crippen LogP contribution is 2.41. The third-order valence-corrected chi connectivity index (χ3v) is 7.87. The minimum absolute atomic E-state index is 0.147. The molecule has 4 rings (SSSR count). The number of benzene rings is 1. The molecule has 1 aromatic carbocycles. The van der Waals surface area contributed by atoms with Gasteiger partial charge in [0.25, 0.3) is 5.91 Å². The Bertz CT molecular complexity index is 1130. The first-order valence-electron chi connectivity index (χ1n) is 11.1. The summed E-state index contributed by atoms with van der Waals surface area (Å²) >= 11 is 0. The van der Waals surface area contributed by atoms with Crippen LogP contribution < -0.4 is 11.1 Å². The summed E-state index contributed by atoms with van der Waals surface area (Å²) in [5.41, 5.74) is 7.41.